The third-order valence-electron chi connectivity index (χ3n) is 2.31. The summed E-state index contributed by atoms with van der Waals surface area (Å²) < 4.78 is 50.3. The Morgan fingerprint density at radius 2 is 1.56 bits per heavy atom. The summed E-state index contributed by atoms with van der Waals surface area (Å²) in [6.07, 6.45) is 0.626. The first-order valence-corrected chi connectivity index (χ1v) is 4.53. The van der Waals surface area contributed by atoms with Gasteiger partial charge < -0.3 is 0 Å². The molecule has 0 amide bonds. The van der Waals surface area contributed by atoms with Gasteiger partial charge in [-0.15, -0.1) is 6.42 Å². The highest BCUT2D eigenvalue weighted by atomic mass is 19.4. The zero-order valence-corrected chi connectivity index (χ0v) is 8.82. The molecular formula is C12H10F4. The van der Waals surface area contributed by atoms with Crippen molar-refractivity contribution >= 4 is 0 Å². The highest BCUT2D eigenvalue weighted by Gasteiger charge is 2.32. The molecule has 0 heterocycles. The summed E-state index contributed by atoms with van der Waals surface area (Å²) >= 11 is 0. The van der Waals surface area contributed by atoms with Crippen molar-refractivity contribution < 1.29 is 17.6 Å². The molecule has 1 aromatic rings. The Balaban J connectivity index is 3.36. The maximum absolute atomic E-state index is 13.1. The Labute approximate surface area is 91.3 Å². The van der Waals surface area contributed by atoms with Crippen LogP contribution in [0, 0.1) is 18.2 Å². The van der Waals surface area contributed by atoms with Gasteiger partial charge in [0.1, 0.15) is 5.82 Å². The number of terminal acetylenes is 1. The summed E-state index contributed by atoms with van der Waals surface area (Å²) in [5.41, 5.74) is -1.81. The fourth-order valence-corrected chi connectivity index (χ4v) is 1.20. The summed E-state index contributed by atoms with van der Waals surface area (Å²) in [5, 5.41) is 0. The van der Waals surface area contributed by atoms with Crippen molar-refractivity contribution in [1.29, 1.82) is 0 Å². The minimum atomic E-state index is -4.57. The molecule has 0 aliphatic heterocycles. The molecule has 0 aliphatic rings. The molecule has 0 aromatic heterocycles. The molecule has 0 saturated carbocycles. The summed E-state index contributed by atoms with van der Waals surface area (Å²) in [5.74, 6) is 1.39. The van der Waals surface area contributed by atoms with Gasteiger partial charge in [0.25, 0.3) is 0 Å². The molecule has 1 rings (SSSR count). The molecule has 0 radical (unpaired) electrons. The fraction of sp³-hybridized carbons (Fsp3) is 0.333. The highest BCUT2D eigenvalue weighted by Crippen LogP contribution is 2.33. The lowest BCUT2D eigenvalue weighted by Crippen LogP contribution is -2.16. The topological polar surface area (TPSA) is 0 Å². The number of hydrogen-bond acceptors (Lipinski definition) is 0. The van der Waals surface area contributed by atoms with Crippen LogP contribution in [-0.2, 0) is 11.6 Å². The van der Waals surface area contributed by atoms with Gasteiger partial charge in [0.05, 0.1) is 11.0 Å². The van der Waals surface area contributed by atoms with Crippen molar-refractivity contribution in [3.63, 3.8) is 0 Å². The molecule has 0 aliphatic carbocycles. The zero-order chi connectivity index (χ0) is 12.6. The lowest BCUT2D eigenvalue weighted by atomic mass is 9.85. The number of benzene rings is 1. The zero-order valence-electron chi connectivity index (χ0n) is 8.82. The fourth-order valence-electron chi connectivity index (χ4n) is 1.20. The van der Waals surface area contributed by atoms with E-state index in [2.05, 4.69) is 5.92 Å². The third kappa shape index (κ3) is 2.54. The summed E-state index contributed by atoms with van der Waals surface area (Å²) in [6.45, 7) is 3.11. The first kappa shape index (κ1) is 12.6. The largest absolute Gasteiger partial charge is 0.416 e. The van der Waals surface area contributed by atoms with E-state index in [1.807, 2.05) is 0 Å². The molecule has 4 heteroatoms. The second-order valence-corrected chi connectivity index (χ2v) is 4.00. The Hall–Kier alpha value is -1.50. The standard InChI is InChI=1S/C12H10F4/c1-4-11(2,3)8-5-9(12(14,15)16)7-10(13)6-8/h1,5-7H,2-3H3. The molecule has 0 unspecified atom stereocenters. The van der Waals surface area contributed by atoms with Crippen LogP contribution in [0.4, 0.5) is 17.6 Å². The minimum absolute atomic E-state index is 0.141. The van der Waals surface area contributed by atoms with Gasteiger partial charge in [-0.3, -0.25) is 0 Å². The minimum Gasteiger partial charge on any atom is -0.207 e. The van der Waals surface area contributed by atoms with Crippen LogP contribution in [0.1, 0.15) is 25.0 Å². The first-order valence-electron chi connectivity index (χ1n) is 4.53. The molecule has 86 valence electrons. The SMILES string of the molecule is C#CC(C)(C)c1cc(F)cc(C(F)(F)F)c1. The number of halogens is 4. The van der Waals surface area contributed by atoms with E-state index in [9.17, 15) is 17.6 Å². The van der Waals surface area contributed by atoms with E-state index < -0.39 is 23.0 Å². The van der Waals surface area contributed by atoms with Crippen LogP contribution < -0.4 is 0 Å². The molecule has 0 saturated heterocycles. The smallest absolute Gasteiger partial charge is 0.207 e. The summed E-state index contributed by atoms with van der Waals surface area (Å²) in [6, 6.07) is 2.36. The Kier molecular flexibility index (Phi) is 3.00. The second kappa shape index (κ2) is 3.82. The Bertz CT molecular complexity index is 435. The molecule has 1 aromatic carbocycles. The number of alkyl halides is 3. The van der Waals surface area contributed by atoms with Gasteiger partial charge in [-0.1, -0.05) is 5.92 Å². The van der Waals surface area contributed by atoms with Crippen molar-refractivity contribution in [2.75, 3.05) is 0 Å². The van der Waals surface area contributed by atoms with Gasteiger partial charge in [-0.25, -0.2) is 4.39 Å². The predicted octanol–water partition coefficient (Wildman–Crippen LogP) is 3.76. The van der Waals surface area contributed by atoms with Crippen LogP contribution in [0.2, 0.25) is 0 Å². The molecule has 0 fully saturated rings. The van der Waals surface area contributed by atoms with Crippen molar-refractivity contribution in [2.45, 2.75) is 25.4 Å². The average molecular weight is 230 g/mol. The molecule has 0 bridgehead atoms. The molecule has 0 N–H and O–H groups in total. The normalized spacial score (nSPS) is 12.3. The Morgan fingerprint density at radius 1 is 1.06 bits per heavy atom. The Morgan fingerprint density at radius 3 is 2.00 bits per heavy atom. The van der Waals surface area contributed by atoms with E-state index in [1.54, 1.807) is 13.8 Å². The van der Waals surface area contributed by atoms with E-state index in [4.69, 9.17) is 6.42 Å². The number of hydrogen-bond donors (Lipinski definition) is 0. The van der Waals surface area contributed by atoms with Gasteiger partial charge in [-0.2, -0.15) is 13.2 Å². The maximum atomic E-state index is 13.1. The summed E-state index contributed by atoms with van der Waals surface area (Å²) in [4.78, 5) is 0. The van der Waals surface area contributed by atoms with Crippen LogP contribution in [0.15, 0.2) is 18.2 Å². The lowest BCUT2D eigenvalue weighted by Gasteiger charge is -2.19. The van der Waals surface area contributed by atoms with Crippen molar-refractivity contribution in [3.8, 4) is 12.3 Å². The molecule has 0 spiro atoms. The van der Waals surface area contributed by atoms with Gasteiger partial charge in [-0.05, 0) is 37.6 Å². The monoisotopic (exact) mass is 230 g/mol. The average Bonchev–Trinajstić information content (AvgIpc) is 2.15. The van der Waals surface area contributed by atoms with Crippen LogP contribution >= 0.6 is 0 Å². The molecular weight excluding hydrogens is 220 g/mol. The van der Waals surface area contributed by atoms with Gasteiger partial charge in [0, 0.05) is 0 Å². The molecule has 0 atom stereocenters. The van der Waals surface area contributed by atoms with Crippen molar-refractivity contribution in [1.82, 2.24) is 0 Å². The van der Waals surface area contributed by atoms with Crippen LogP contribution in [-0.4, -0.2) is 0 Å². The van der Waals surface area contributed by atoms with E-state index in [0.717, 1.165) is 12.1 Å². The second-order valence-electron chi connectivity index (χ2n) is 4.00. The predicted molar refractivity (Wildman–Crippen MR) is 53.3 cm³/mol. The van der Waals surface area contributed by atoms with Crippen LogP contribution in [0.5, 0.6) is 0 Å². The van der Waals surface area contributed by atoms with Gasteiger partial charge in [0.15, 0.2) is 0 Å². The molecule has 0 nitrogen and oxygen atoms in total. The van der Waals surface area contributed by atoms with Crippen molar-refractivity contribution in [2.24, 2.45) is 0 Å². The van der Waals surface area contributed by atoms with Crippen LogP contribution in [0.25, 0.3) is 0 Å². The third-order valence-corrected chi connectivity index (χ3v) is 2.31. The quantitative estimate of drug-likeness (QED) is 0.509. The van der Waals surface area contributed by atoms with Crippen molar-refractivity contribution in [3.05, 3.63) is 35.1 Å². The first-order chi connectivity index (χ1) is 7.16. The van der Waals surface area contributed by atoms with E-state index >= 15 is 0 Å². The van der Waals surface area contributed by atoms with Gasteiger partial charge >= 0.3 is 6.18 Å². The van der Waals surface area contributed by atoms with E-state index in [0.29, 0.717) is 6.07 Å². The molecule has 16 heavy (non-hydrogen) atoms. The van der Waals surface area contributed by atoms with E-state index in [1.165, 1.54) is 0 Å². The van der Waals surface area contributed by atoms with Crippen LogP contribution in [0.3, 0.4) is 0 Å². The summed E-state index contributed by atoms with van der Waals surface area (Å²) in [7, 11) is 0. The maximum Gasteiger partial charge on any atom is 0.416 e. The lowest BCUT2D eigenvalue weighted by molar-refractivity contribution is -0.137. The number of rotatable bonds is 1. The highest BCUT2D eigenvalue weighted by molar-refractivity contribution is 5.36. The van der Waals surface area contributed by atoms with E-state index in [-0.39, 0.29) is 5.56 Å². The van der Waals surface area contributed by atoms with Gasteiger partial charge in [0.2, 0.25) is 0 Å².